The molecule has 0 bridgehead atoms. The first-order valence-corrected chi connectivity index (χ1v) is 12.3. The van der Waals surface area contributed by atoms with Crippen molar-refractivity contribution in [2.45, 2.75) is 84.0 Å². The maximum atomic E-state index is 14.9. The maximum absolute atomic E-state index is 14.9. The molecule has 1 fully saturated rings. The molecule has 2 aromatic carbocycles. The Hall–Kier alpha value is -2.36. The van der Waals surface area contributed by atoms with E-state index >= 15 is 0 Å². The summed E-state index contributed by atoms with van der Waals surface area (Å²) in [6.45, 7) is 4.76. The molecule has 1 aliphatic carbocycles. The minimum Gasteiger partial charge on any atom is -0.434 e. The highest BCUT2D eigenvalue weighted by Crippen LogP contribution is 2.38. The van der Waals surface area contributed by atoms with Crippen molar-refractivity contribution in [1.29, 1.82) is 0 Å². The lowest BCUT2D eigenvalue weighted by molar-refractivity contribution is 0.0973. The summed E-state index contributed by atoms with van der Waals surface area (Å²) in [7, 11) is 0. The van der Waals surface area contributed by atoms with Gasteiger partial charge < -0.3 is 9.47 Å². The van der Waals surface area contributed by atoms with Crippen LogP contribution in [0.2, 0.25) is 0 Å². The van der Waals surface area contributed by atoms with Crippen LogP contribution in [0.3, 0.4) is 0 Å². The molecule has 0 spiro atoms. The van der Waals surface area contributed by atoms with E-state index in [9.17, 15) is 9.18 Å². The Morgan fingerprint density at radius 2 is 1.69 bits per heavy atom. The summed E-state index contributed by atoms with van der Waals surface area (Å²) in [4.78, 5) is 11.8. The summed E-state index contributed by atoms with van der Waals surface area (Å²) in [5, 5.41) is 0. The zero-order chi connectivity index (χ0) is 22.8. The third kappa shape index (κ3) is 7.08. The smallest absolute Gasteiger partial charge is 0.434 e. The fourth-order valence-corrected chi connectivity index (χ4v) is 4.72. The molecule has 3 nitrogen and oxygen atoms in total. The van der Waals surface area contributed by atoms with E-state index in [1.165, 1.54) is 25.7 Å². The van der Waals surface area contributed by atoms with Crippen LogP contribution in [0, 0.1) is 11.7 Å². The van der Waals surface area contributed by atoms with Crippen molar-refractivity contribution in [2.24, 2.45) is 5.92 Å². The van der Waals surface area contributed by atoms with Crippen LogP contribution in [-0.2, 0) is 4.74 Å². The van der Waals surface area contributed by atoms with E-state index in [1.807, 2.05) is 6.07 Å². The summed E-state index contributed by atoms with van der Waals surface area (Å²) < 4.78 is 25.2. The van der Waals surface area contributed by atoms with Crippen molar-refractivity contribution in [3.8, 4) is 16.9 Å². The largest absolute Gasteiger partial charge is 0.513 e. The molecule has 1 saturated carbocycles. The fraction of sp³-hybridized carbons (Fsp3) is 0.536. The van der Waals surface area contributed by atoms with Crippen molar-refractivity contribution < 1.29 is 18.7 Å². The van der Waals surface area contributed by atoms with Crippen LogP contribution in [-0.4, -0.2) is 12.8 Å². The van der Waals surface area contributed by atoms with Gasteiger partial charge in [-0.05, 0) is 73.3 Å². The maximum Gasteiger partial charge on any atom is 0.513 e. The molecule has 174 valence electrons. The van der Waals surface area contributed by atoms with Crippen molar-refractivity contribution >= 4 is 6.16 Å². The molecular formula is C28H37FO3. The zero-order valence-electron chi connectivity index (χ0n) is 19.6. The monoisotopic (exact) mass is 440 g/mol. The van der Waals surface area contributed by atoms with Crippen LogP contribution < -0.4 is 4.74 Å². The highest BCUT2D eigenvalue weighted by atomic mass is 19.1. The van der Waals surface area contributed by atoms with Crippen LogP contribution in [0.15, 0.2) is 42.5 Å². The molecule has 0 aromatic heterocycles. The number of halogens is 1. The molecule has 0 amide bonds. The highest BCUT2D eigenvalue weighted by molar-refractivity contribution is 5.67. The Morgan fingerprint density at radius 1 is 0.938 bits per heavy atom. The predicted molar refractivity (Wildman–Crippen MR) is 128 cm³/mol. The number of carbonyl (C=O) groups excluding carboxylic acids is 1. The standard InChI is InChI=1S/C28H37FO3/c1-3-5-6-7-19-31-28(30)32-25-16-13-23(14-17-25)26-18-15-24(20-27(26)29)22-11-9-21(8-4-2)10-12-22/h13-18,20-22H,3-12,19H2,1-2H3/t21-,22-. The number of unbranched alkanes of at least 4 members (excludes halogenated alkanes) is 3. The first-order chi connectivity index (χ1) is 15.6. The Morgan fingerprint density at radius 3 is 2.34 bits per heavy atom. The van der Waals surface area contributed by atoms with Gasteiger partial charge in [0, 0.05) is 5.56 Å². The number of carbonyl (C=O) groups is 1. The number of benzene rings is 2. The van der Waals surface area contributed by atoms with Crippen LogP contribution >= 0.6 is 0 Å². The van der Waals surface area contributed by atoms with Gasteiger partial charge in [-0.1, -0.05) is 70.2 Å². The van der Waals surface area contributed by atoms with E-state index in [2.05, 4.69) is 19.9 Å². The van der Waals surface area contributed by atoms with Crippen LogP contribution in [0.4, 0.5) is 9.18 Å². The second-order valence-corrected chi connectivity index (χ2v) is 9.03. The SMILES string of the molecule is CCCCCCOC(=O)Oc1ccc(-c2ccc([C@H]3CC[C@H](CCC)CC3)cc2F)cc1. The van der Waals surface area contributed by atoms with Gasteiger partial charge >= 0.3 is 6.16 Å². The lowest BCUT2D eigenvalue weighted by atomic mass is 9.77. The van der Waals surface area contributed by atoms with Gasteiger partial charge in [-0.3, -0.25) is 0 Å². The van der Waals surface area contributed by atoms with Crippen molar-refractivity contribution in [3.05, 3.63) is 53.8 Å². The van der Waals surface area contributed by atoms with E-state index in [-0.39, 0.29) is 5.82 Å². The number of ether oxygens (including phenoxy) is 2. The number of rotatable bonds is 10. The Balaban J connectivity index is 1.54. The molecule has 0 heterocycles. The van der Waals surface area contributed by atoms with E-state index in [4.69, 9.17) is 9.47 Å². The van der Waals surface area contributed by atoms with Crippen molar-refractivity contribution in [3.63, 3.8) is 0 Å². The van der Waals surface area contributed by atoms with E-state index in [0.717, 1.165) is 55.6 Å². The summed E-state index contributed by atoms with van der Waals surface area (Å²) in [6.07, 6.45) is 10.9. The molecule has 0 unspecified atom stereocenters. The summed E-state index contributed by atoms with van der Waals surface area (Å²) in [5.41, 5.74) is 2.45. The van der Waals surface area contributed by atoms with Gasteiger partial charge in [-0.25, -0.2) is 9.18 Å². The van der Waals surface area contributed by atoms with Gasteiger partial charge in [-0.15, -0.1) is 0 Å². The van der Waals surface area contributed by atoms with Gasteiger partial charge in [0.2, 0.25) is 0 Å². The Kier molecular flexibility index (Phi) is 9.58. The Labute approximate surface area is 192 Å². The lowest BCUT2D eigenvalue weighted by Gasteiger charge is -2.28. The minimum atomic E-state index is -0.696. The summed E-state index contributed by atoms with van der Waals surface area (Å²) >= 11 is 0. The molecule has 0 aliphatic heterocycles. The molecule has 0 saturated heterocycles. The number of hydrogen-bond donors (Lipinski definition) is 0. The van der Waals surface area contributed by atoms with Gasteiger partial charge in [0.25, 0.3) is 0 Å². The highest BCUT2D eigenvalue weighted by Gasteiger charge is 2.22. The molecule has 3 rings (SSSR count). The molecule has 1 aliphatic rings. The predicted octanol–water partition coefficient (Wildman–Crippen LogP) is 8.66. The molecule has 0 atom stereocenters. The lowest BCUT2D eigenvalue weighted by Crippen LogP contribution is -2.13. The zero-order valence-corrected chi connectivity index (χ0v) is 19.6. The van der Waals surface area contributed by atoms with Gasteiger partial charge in [-0.2, -0.15) is 0 Å². The molecule has 0 N–H and O–H groups in total. The quantitative estimate of drug-likeness (QED) is 0.211. The van der Waals surface area contributed by atoms with Gasteiger partial charge in [0.15, 0.2) is 0 Å². The van der Waals surface area contributed by atoms with Gasteiger partial charge in [0.1, 0.15) is 11.6 Å². The summed E-state index contributed by atoms with van der Waals surface area (Å²) in [5.74, 6) is 1.52. The van der Waals surface area contributed by atoms with Crippen LogP contribution in [0.1, 0.15) is 89.5 Å². The molecule has 4 heteroatoms. The summed E-state index contributed by atoms with van der Waals surface area (Å²) in [6, 6.07) is 12.6. The minimum absolute atomic E-state index is 0.196. The third-order valence-corrected chi connectivity index (χ3v) is 6.59. The first kappa shape index (κ1) is 24.3. The van der Waals surface area contributed by atoms with E-state index in [1.54, 1.807) is 30.3 Å². The van der Waals surface area contributed by atoms with Crippen molar-refractivity contribution in [2.75, 3.05) is 6.61 Å². The van der Waals surface area contributed by atoms with E-state index < -0.39 is 6.16 Å². The third-order valence-electron chi connectivity index (χ3n) is 6.59. The number of hydrogen-bond acceptors (Lipinski definition) is 3. The van der Waals surface area contributed by atoms with Crippen LogP contribution in [0.5, 0.6) is 5.75 Å². The Bertz CT molecular complexity index is 838. The molecular weight excluding hydrogens is 403 g/mol. The molecule has 32 heavy (non-hydrogen) atoms. The van der Waals surface area contributed by atoms with Crippen molar-refractivity contribution in [1.82, 2.24) is 0 Å². The van der Waals surface area contributed by atoms with Gasteiger partial charge in [0.05, 0.1) is 6.61 Å². The fourth-order valence-electron chi connectivity index (χ4n) is 4.72. The van der Waals surface area contributed by atoms with Crippen LogP contribution in [0.25, 0.3) is 11.1 Å². The average molecular weight is 441 g/mol. The molecule has 0 radical (unpaired) electrons. The second kappa shape index (κ2) is 12.6. The second-order valence-electron chi connectivity index (χ2n) is 9.03. The normalized spacial score (nSPS) is 18.3. The average Bonchev–Trinajstić information content (AvgIpc) is 2.80. The first-order valence-electron chi connectivity index (χ1n) is 12.3. The van der Waals surface area contributed by atoms with E-state index in [0.29, 0.717) is 23.8 Å². The molecule has 2 aromatic rings. The topological polar surface area (TPSA) is 35.5 Å².